The van der Waals surface area contributed by atoms with Gasteiger partial charge in [-0.15, -0.1) is 0 Å². The van der Waals surface area contributed by atoms with Crippen LogP contribution in [0.5, 0.6) is 0 Å². The van der Waals surface area contributed by atoms with E-state index in [-0.39, 0.29) is 11.8 Å². The molecule has 152 valence electrons. The van der Waals surface area contributed by atoms with E-state index in [2.05, 4.69) is 5.32 Å². The summed E-state index contributed by atoms with van der Waals surface area (Å²) in [6.07, 6.45) is 1.83. The van der Waals surface area contributed by atoms with Crippen molar-refractivity contribution in [3.05, 3.63) is 29.8 Å². The van der Waals surface area contributed by atoms with Gasteiger partial charge in [0.15, 0.2) is 0 Å². The Morgan fingerprint density at radius 2 is 1.81 bits per heavy atom. The summed E-state index contributed by atoms with van der Waals surface area (Å²) in [6, 6.07) is 6.87. The van der Waals surface area contributed by atoms with Crippen molar-refractivity contribution < 1.29 is 22.7 Å². The van der Waals surface area contributed by atoms with E-state index in [0.717, 1.165) is 12.0 Å². The molecular weight excluding hydrogens is 368 g/mol. The molecule has 0 atom stereocenters. The van der Waals surface area contributed by atoms with Crippen LogP contribution in [0.3, 0.4) is 0 Å². The second-order valence-electron chi connectivity index (χ2n) is 6.74. The number of hydrogen-bond acceptors (Lipinski definition) is 5. The van der Waals surface area contributed by atoms with Crippen molar-refractivity contribution in [1.29, 1.82) is 0 Å². The zero-order valence-electron chi connectivity index (χ0n) is 16.1. The third-order valence-electron chi connectivity index (χ3n) is 4.68. The van der Waals surface area contributed by atoms with Gasteiger partial charge in [0, 0.05) is 39.3 Å². The monoisotopic (exact) mass is 398 g/mol. The predicted molar refractivity (Wildman–Crippen MR) is 103 cm³/mol. The standard InChI is InChI=1S/C19H30N2O5S/c1-16-4-6-18(7-5-16)27(23,24)21-11-8-17(9-12-21)19(22)20-10-3-13-26-15-14-25-2/h4-7,17H,3,8-15H2,1-2H3,(H,20,22). The van der Waals surface area contributed by atoms with Crippen molar-refractivity contribution in [2.45, 2.75) is 31.1 Å². The summed E-state index contributed by atoms with van der Waals surface area (Å²) in [5.41, 5.74) is 1.02. The number of piperidine rings is 1. The first kappa shape index (κ1) is 21.8. The SMILES string of the molecule is COCCOCCCNC(=O)C1CCN(S(=O)(=O)c2ccc(C)cc2)CC1. The van der Waals surface area contributed by atoms with E-state index < -0.39 is 10.0 Å². The Hall–Kier alpha value is -1.48. The fourth-order valence-corrected chi connectivity index (χ4v) is 4.46. The molecule has 1 saturated heterocycles. The first-order valence-corrected chi connectivity index (χ1v) is 10.8. The number of aryl methyl sites for hydroxylation is 1. The Balaban J connectivity index is 1.73. The highest BCUT2D eigenvalue weighted by atomic mass is 32.2. The Labute approximate surface area is 162 Å². The molecule has 1 aromatic carbocycles. The maximum absolute atomic E-state index is 12.7. The van der Waals surface area contributed by atoms with Gasteiger partial charge in [-0.2, -0.15) is 4.31 Å². The van der Waals surface area contributed by atoms with Crippen LogP contribution >= 0.6 is 0 Å². The van der Waals surface area contributed by atoms with Crippen LogP contribution in [0.15, 0.2) is 29.2 Å². The van der Waals surface area contributed by atoms with Gasteiger partial charge in [-0.1, -0.05) is 17.7 Å². The lowest BCUT2D eigenvalue weighted by Gasteiger charge is -2.30. The Morgan fingerprint density at radius 3 is 2.44 bits per heavy atom. The molecule has 0 aliphatic carbocycles. The molecule has 27 heavy (non-hydrogen) atoms. The summed E-state index contributed by atoms with van der Waals surface area (Å²) < 4.78 is 37.1. The summed E-state index contributed by atoms with van der Waals surface area (Å²) in [7, 11) is -1.86. The van der Waals surface area contributed by atoms with Crippen molar-refractivity contribution in [2.75, 3.05) is 46.6 Å². The van der Waals surface area contributed by atoms with Crippen LogP contribution in [0, 0.1) is 12.8 Å². The normalized spacial score (nSPS) is 16.4. The van der Waals surface area contributed by atoms with Gasteiger partial charge in [-0.3, -0.25) is 4.79 Å². The number of ether oxygens (including phenoxy) is 2. The number of methoxy groups -OCH3 is 1. The second kappa shape index (κ2) is 10.8. The fourth-order valence-electron chi connectivity index (χ4n) is 2.99. The lowest BCUT2D eigenvalue weighted by Crippen LogP contribution is -2.43. The summed E-state index contributed by atoms with van der Waals surface area (Å²) in [5.74, 6) is -0.136. The molecule has 0 spiro atoms. The van der Waals surface area contributed by atoms with E-state index in [1.54, 1.807) is 31.4 Å². The highest BCUT2D eigenvalue weighted by molar-refractivity contribution is 7.89. The van der Waals surface area contributed by atoms with Crippen LogP contribution in [0.25, 0.3) is 0 Å². The van der Waals surface area contributed by atoms with Gasteiger partial charge in [0.25, 0.3) is 0 Å². The number of carbonyl (C=O) groups is 1. The van der Waals surface area contributed by atoms with Crippen molar-refractivity contribution in [1.82, 2.24) is 9.62 Å². The largest absolute Gasteiger partial charge is 0.382 e. The zero-order valence-corrected chi connectivity index (χ0v) is 17.0. The molecule has 1 N–H and O–H groups in total. The molecular formula is C19H30N2O5S. The molecule has 1 aliphatic heterocycles. The molecule has 2 rings (SSSR count). The van der Waals surface area contributed by atoms with Crippen molar-refractivity contribution in [3.63, 3.8) is 0 Å². The Bertz CT molecular complexity index is 683. The molecule has 8 heteroatoms. The minimum absolute atomic E-state index is 0.000671. The van der Waals surface area contributed by atoms with Crippen LogP contribution < -0.4 is 5.32 Å². The predicted octanol–water partition coefficient (Wildman–Crippen LogP) is 1.57. The van der Waals surface area contributed by atoms with Gasteiger partial charge >= 0.3 is 0 Å². The van der Waals surface area contributed by atoms with E-state index in [1.165, 1.54) is 4.31 Å². The molecule has 0 unspecified atom stereocenters. The van der Waals surface area contributed by atoms with Crippen LogP contribution in [-0.4, -0.2) is 65.2 Å². The number of nitrogens with zero attached hydrogens (tertiary/aromatic N) is 1. The molecule has 0 bridgehead atoms. The summed E-state index contributed by atoms with van der Waals surface area (Å²) >= 11 is 0. The number of amides is 1. The number of rotatable bonds is 10. The molecule has 1 fully saturated rings. The average Bonchev–Trinajstić information content (AvgIpc) is 2.67. The molecule has 0 saturated carbocycles. The highest BCUT2D eigenvalue weighted by Crippen LogP contribution is 2.24. The Kier molecular flexibility index (Phi) is 8.69. The zero-order chi connectivity index (χ0) is 19.7. The number of nitrogens with one attached hydrogen (secondary N) is 1. The molecule has 1 amide bonds. The summed E-state index contributed by atoms with van der Waals surface area (Å²) in [4.78, 5) is 12.6. The summed E-state index contributed by atoms with van der Waals surface area (Å²) in [5, 5.41) is 2.92. The quantitative estimate of drug-likeness (QED) is 0.605. The smallest absolute Gasteiger partial charge is 0.243 e. The number of hydrogen-bond donors (Lipinski definition) is 1. The van der Waals surface area contributed by atoms with E-state index in [0.29, 0.717) is 57.2 Å². The van der Waals surface area contributed by atoms with E-state index >= 15 is 0 Å². The lowest BCUT2D eigenvalue weighted by molar-refractivity contribution is -0.126. The maximum Gasteiger partial charge on any atom is 0.243 e. The van der Waals surface area contributed by atoms with Gasteiger partial charge in [0.05, 0.1) is 18.1 Å². The highest BCUT2D eigenvalue weighted by Gasteiger charge is 2.31. The molecule has 1 heterocycles. The van der Waals surface area contributed by atoms with Gasteiger partial charge < -0.3 is 14.8 Å². The second-order valence-corrected chi connectivity index (χ2v) is 8.68. The molecule has 1 aromatic rings. The molecule has 0 aromatic heterocycles. The summed E-state index contributed by atoms with van der Waals surface area (Å²) in [6.45, 7) is 4.93. The lowest BCUT2D eigenvalue weighted by atomic mass is 9.97. The van der Waals surface area contributed by atoms with Gasteiger partial charge in [-0.25, -0.2) is 8.42 Å². The maximum atomic E-state index is 12.7. The fraction of sp³-hybridized carbons (Fsp3) is 0.632. The van der Waals surface area contributed by atoms with Crippen molar-refractivity contribution in [3.8, 4) is 0 Å². The van der Waals surface area contributed by atoms with Crippen LogP contribution in [-0.2, 0) is 24.3 Å². The number of benzene rings is 1. The van der Waals surface area contributed by atoms with Crippen LogP contribution in [0.1, 0.15) is 24.8 Å². The van der Waals surface area contributed by atoms with Crippen molar-refractivity contribution in [2.24, 2.45) is 5.92 Å². The Morgan fingerprint density at radius 1 is 1.15 bits per heavy atom. The number of sulfonamides is 1. The first-order chi connectivity index (χ1) is 12.9. The van der Waals surface area contributed by atoms with Gasteiger partial charge in [-0.05, 0) is 38.3 Å². The van der Waals surface area contributed by atoms with E-state index in [4.69, 9.17) is 9.47 Å². The molecule has 1 aliphatic rings. The first-order valence-electron chi connectivity index (χ1n) is 9.36. The number of carbonyl (C=O) groups excluding carboxylic acids is 1. The third-order valence-corrected chi connectivity index (χ3v) is 6.59. The van der Waals surface area contributed by atoms with Crippen LogP contribution in [0.2, 0.25) is 0 Å². The topological polar surface area (TPSA) is 84.9 Å². The molecule has 0 radical (unpaired) electrons. The van der Waals surface area contributed by atoms with Gasteiger partial charge in [0.1, 0.15) is 0 Å². The van der Waals surface area contributed by atoms with E-state index in [9.17, 15) is 13.2 Å². The molecule has 7 nitrogen and oxygen atoms in total. The minimum atomic E-state index is -3.49. The third kappa shape index (κ3) is 6.57. The van der Waals surface area contributed by atoms with Crippen LogP contribution in [0.4, 0.5) is 0 Å². The van der Waals surface area contributed by atoms with E-state index in [1.807, 2.05) is 6.92 Å². The van der Waals surface area contributed by atoms with Crippen molar-refractivity contribution >= 4 is 15.9 Å². The van der Waals surface area contributed by atoms with Gasteiger partial charge in [0.2, 0.25) is 15.9 Å². The minimum Gasteiger partial charge on any atom is -0.382 e. The average molecular weight is 399 g/mol.